The molecule has 1 aromatic carbocycles. The molecule has 106 valence electrons. The Morgan fingerprint density at radius 2 is 2.11 bits per heavy atom. The fourth-order valence-electron chi connectivity index (χ4n) is 1.21. The van der Waals surface area contributed by atoms with Crippen molar-refractivity contribution in [2.75, 3.05) is 6.61 Å². The molecule has 0 unspecified atom stereocenters. The van der Waals surface area contributed by atoms with Crippen LogP contribution in [0.2, 0.25) is 5.02 Å². The molecule has 1 atom stereocenters. The smallest absolute Gasteiger partial charge is 0.446 e. The highest BCUT2D eigenvalue weighted by molar-refractivity contribution is 7.81. The monoisotopic (exact) mass is 311 g/mol. The first kappa shape index (κ1) is 15.5. The van der Waals surface area contributed by atoms with Crippen LogP contribution < -0.4 is 9.92 Å². The molecule has 1 aromatic rings. The fraction of sp³-hybridized carbons (Fsp3) is 0.222. The molecule has 10 heteroatoms. The Hall–Kier alpha value is -1.55. The lowest BCUT2D eigenvalue weighted by Gasteiger charge is -2.14. The number of ether oxygens (including phenoxy) is 1. The number of rotatable bonds is 5. The minimum atomic E-state index is -4.74. The number of aliphatic hydroxyl groups is 1. The molecule has 0 bridgehead atoms. The lowest BCUT2D eigenvalue weighted by atomic mass is 10.1. The molecule has 4 N–H and O–H groups in total. The van der Waals surface area contributed by atoms with E-state index in [1.54, 1.807) is 0 Å². The number of aliphatic hydroxyl groups excluding tert-OH is 1. The number of hydrogen-bond acceptors (Lipinski definition) is 6. The number of amides is 1. The second-order valence-corrected chi connectivity index (χ2v) is 4.72. The first-order valence-electron chi connectivity index (χ1n) is 4.76. The zero-order chi connectivity index (χ0) is 14.6. The Morgan fingerprint density at radius 3 is 2.63 bits per heavy atom. The summed E-state index contributed by atoms with van der Waals surface area (Å²) in [5.74, 6) is -0.375. The van der Waals surface area contributed by atoms with Crippen molar-refractivity contribution >= 4 is 28.1 Å². The highest BCUT2D eigenvalue weighted by Gasteiger charge is 2.19. The maximum atomic E-state index is 10.6. The molecule has 8 nitrogen and oxygen atoms in total. The molecular formula is C9H10ClNO7S. The summed E-state index contributed by atoms with van der Waals surface area (Å²) in [6.07, 6.45) is -2.41. The van der Waals surface area contributed by atoms with E-state index in [9.17, 15) is 18.3 Å². The van der Waals surface area contributed by atoms with Gasteiger partial charge in [0.15, 0.2) is 5.75 Å². The number of primary amides is 1. The zero-order valence-electron chi connectivity index (χ0n) is 9.32. The average molecular weight is 312 g/mol. The Labute approximate surface area is 113 Å². The third-order valence-corrected chi connectivity index (χ3v) is 2.73. The van der Waals surface area contributed by atoms with Gasteiger partial charge in [0.2, 0.25) is 0 Å². The fourth-order valence-corrected chi connectivity index (χ4v) is 1.92. The van der Waals surface area contributed by atoms with Crippen molar-refractivity contribution in [3.05, 3.63) is 28.8 Å². The van der Waals surface area contributed by atoms with Gasteiger partial charge in [-0.2, -0.15) is 8.42 Å². The van der Waals surface area contributed by atoms with Crippen molar-refractivity contribution in [3.8, 4) is 5.75 Å². The van der Waals surface area contributed by atoms with E-state index in [1.165, 1.54) is 18.2 Å². The number of benzene rings is 1. The van der Waals surface area contributed by atoms with E-state index in [-0.39, 0.29) is 16.3 Å². The molecule has 1 rings (SSSR count). The van der Waals surface area contributed by atoms with E-state index in [0.717, 1.165) is 0 Å². The molecular weight excluding hydrogens is 302 g/mol. The Kier molecular flexibility index (Phi) is 4.95. The molecule has 0 saturated heterocycles. The summed E-state index contributed by atoms with van der Waals surface area (Å²) in [5.41, 5.74) is 4.77. The van der Waals surface area contributed by atoms with Gasteiger partial charge >= 0.3 is 16.5 Å². The van der Waals surface area contributed by atoms with Crippen molar-refractivity contribution in [3.63, 3.8) is 0 Å². The topological polar surface area (TPSA) is 136 Å². The Morgan fingerprint density at radius 1 is 1.47 bits per heavy atom. The summed E-state index contributed by atoms with van der Waals surface area (Å²) in [4.78, 5) is 10.4. The van der Waals surface area contributed by atoms with Gasteiger partial charge in [0.25, 0.3) is 0 Å². The van der Waals surface area contributed by atoms with E-state index in [1.807, 2.05) is 0 Å². The number of carbonyl (C=O) groups excluding carboxylic acids is 1. The van der Waals surface area contributed by atoms with E-state index in [4.69, 9.17) is 21.9 Å². The standard InChI is InChI=1S/C9H10ClNO7S/c10-8-5(6(12)4-17-9(11)13)2-1-3-7(8)18-19(14,15)16/h1-3,6,12H,4H2,(H2,11,13)(H,14,15,16)/t6-/m1/s1. The van der Waals surface area contributed by atoms with Crippen molar-refractivity contribution in [2.45, 2.75) is 6.10 Å². The van der Waals surface area contributed by atoms with Crippen molar-refractivity contribution in [1.82, 2.24) is 0 Å². The van der Waals surface area contributed by atoms with Crippen LogP contribution in [0.3, 0.4) is 0 Å². The van der Waals surface area contributed by atoms with Crippen molar-refractivity contribution in [1.29, 1.82) is 0 Å². The second kappa shape index (κ2) is 6.06. The van der Waals surface area contributed by atoms with Gasteiger partial charge in [0, 0.05) is 5.56 Å². The van der Waals surface area contributed by atoms with Crippen LogP contribution in [-0.4, -0.2) is 30.8 Å². The third kappa shape index (κ3) is 4.91. The molecule has 0 aromatic heterocycles. The Balaban J connectivity index is 2.97. The van der Waals surface area contributed by atoms with Gasteiger partial charge in [0.1, 0.15) is 12.7 Å². The van der Waals surface area contributed by atoms with Crippen LogP contribution in [0, 0.1) is 0 Å². The maximum absolute atomic E-state index is 10.6. The molecule has 0 heterocycles. The number of halogens is 1. The van der Waals surface area contributed by atoms with Gasteiger partial charge in [0.05, 0.1) is 5.02 Å². The van der Waals surface area contributed by atoms with Gasteiger partial charge in [-0.25, -0.2) is 4.79 Å². The molecule has 0 spiro atoms. The minimum absolute atomic E-state index is 0.0454. The second-order valence-electron chi connectivity index (χ2n) is 3.32. The van der Waals surface area contributed by atoms with Crippen molar-refractivity contribution in [2.24, 2.45) is 5.73 Å². The van der Waals surface area contributed by atoms with Crippen LogP contribution in [0.5, 0.6) is 5.75 Å². The molecule has 0 fully saturated rings. The predicted octanol–water partition coefficient (Wildman–Crippen LogP) is 0.650. The highest BCUT2D eigenvalue weighted by Crippen LogP contribution is 2.32. The van der Waals surface area contributed by atoms with Gasteiger partial charge < -0.3 is 19.8 Å². The third-order valence-electron chi connectivity index (χ3n) is 1.93. The van der Waals surface area contributed by atoms with Crippen LogP contribution in [0.25, 0.3) is 0 Å². The van der Waals surface area contributed by atoms with Gasteiger partial charge in [-0.1, -0.05) is 23.7 Å². The number of hydrogen-bond donors (Lipinski definition) is 3. The van der Waals surface area contributed by atoms with Crippen LogP contribution in [0.15, 0.2) is 18.2 Å². The van der Waals surface area contributed by atoms with E-state index >= 15 is 0 Å². The summed E-state index contributed by atoms with van der Waals surface area (Å²) in [6.45, 7) is -0.468. The predicted molar refractivity (Wildman–Crippen MR) is 64.1 cm³/mol. The lowest BCUT2D eigenvalue weighted by molar-refractivity contribution is 0.0729. The molecule has 0 saturated carbocycles. The molecule has 19 heavy (non-hydrogen) atoms. The SMILES string of the molecule is NC(=O)OC[C@@H](O)c1cccc(OS(=O)(=O)O)c1Cl. The summed E-state index contributed by atoms with van der Waals surface area (Å²) in [5, 5.41) is 9.44. The van der Waals surface area contributed by atoms with Gasteiger partial charge in [-0.3, -0.25) is 4.55 Å². The largest absolute Gasteiger partial charge is 0.447 e. The first-order valence-corrected chi connectivity index (χ1v) is 6.50. The highest BCUT2D eigenvalue weighted by atomic mass is 35.5. The molecule has 1 amide bonds. The summed E-state index contributed by atoms with van der Waals surface area (Å²) in [7, 11) is -4.74. The average Bonchev–Trinajstić information content (AvgIpc) is 2.27. The summed E-state index contributed by atoms with van der Waals surface area (Å²) < 4.78 is 38.3. The Bertz CT molecular complexity index is 574. The van der Waals surface area contributed by atoms with E-state index in [0.29, 0.717) is 0 Å². The van der Waals surface area contributed by atoms with Gasteiger partial charge in [-0.05, 0) is 6.07 Å². The van der Waals surface area contributed by atoms with Crippen LogP contribution in [0.4, 0.5) is 4.79 Å². The molecule has 0 aliphatic carbocycles. The first-order chi connectivity index (χ1) is 8.70. The van der Waals surface area contributed by atoms with E-state index < -0.39 is 29.2 Å². The van der Waals surface area contributed by atoms with Crippen molar-refractivity contribution < 1.29 is 31.8 Å². The molecule has 0 aliphatic rings. The number of carbonyl (C=O) groups is 1. The number of nitrogens with two attached hydrogens (primary N) is 1. The normalized spacial score (nSPS) is 12.8. The summed E-state index contributed by atoms with van der Waals surface area (Å²) in [6, 6.07) is 3.85. The maximum Gasteiger partial charge on any atom is 0.446 e. The van der Waals surface area contributed by atoms with E-state index in [2.05, 4.69) is 8.92 Å². The zero-order valence-corrected chi connectivity index (χ0v) is 10.9. The molecule has 0 radical (unpaired) electrons. The minimum Gasteiger partial charge on any atom is -0.447 e. The van der Waals surface area contributed by atoms with Gasteiger partial charge in [-0.15, -0.1) is 0 Å². The van der Waals surface area contributed by atoms with Crippen LogP contribution in [0.1, 0.15) is 11.7 Å². The quantitative estimate of drug-likeness (QED) is 0.679. The van der Waals surface area contributed by atoms with Crippen LogP contribution in [-0.2, 0) is 15.1 Å². The summed E-state index contributed by atoms with van der Waals surface area (Å²) >= 11 is 5.79. The van der Waals surface area contributed by atoms with Crippen LogP contribution >= 0.6 is 11.6 Å². The lowest BCUT2D eigenvalue weighted by Crippen LogP contribution is -2.18. The molecule has 0 aliphatic heterocycles.